The van der Waals surface area contributed by atoms with Crippen molar-refractivity contribution < 1.29 is 4.74 Å². The number of ether oxygens (including phenoxy) is 1. The summed E-state index contributed by atoms with van der Waals surface area (Å²) in [7, 11) is 0. The molecule has 0 aromatic rings. The van der Waals surface area contributed by atoms with E-state index in [9.17, 15) is 5.26 Å². The van der Waals surface area contributed by atoms with Crippen molar-refractivity contribution in [3.8, 4) is 6.07 Å². The van der Waals surface area contributed by atoms with Crippen molar-refractivity contribution in [3.63, 3.8) is 0 Å². The summed E-state index contributed by atoms with van der Waals surface area (Å²) in [4.78, 5) is 0. The molecule has 0 amide bonds. The number of nitrogens with zero attached hydrogens (tertiary/aromatic N) is 1. The Hall–Kier alpha value is -0.550. The molecule has 1 unspecified atom stereocenters. The summed E-state index contributed by atoms with van der Waals surface area (Å²) in [6.07, 6.45) is 13.8. The van der Waals surface area contributed by atoms with Gasteiger partial charge in [-0.05, 0) is 44.9 Å². The van der Waals surface area contributed by atoms with Crippen LogP contribution in [0.15, 0.2) is 0 Å². The van der Waals surface area contributed by atoms with Crippen molar-refractivity contribution in [2.45, 2.75) is 82.3 Å². The van der Waals surface area contributed by atoms with Gasteiger partial charge < -0.3 is 4.74 Å². The lowest BCUT2D eigenvalue weighted by molar-refractivity contribution is -0.0483. The molecule has 2 saturated carbocycles. The first-order valence-corrected chi connectivity index (χ1v) is 7.35. The molecule has 3 aliphatic rings. The van der Waals surface area contributed by atoms with Crippen LogP contribution in [-0.2, 0) is 4.74 Å². The summed E-state index contributed by atoms with van der Waals surface area (Å²) < 4.78 is 6.35. The fraction of sp³-hybridized carbons (Fsp3) is 0.933. The normalized spacial score (nSPS) is 34.2. The minimum Gasteiger partial charge on any atom is -0.372 e. The Morgan fingerprint density at radius 2 is 1.65 bits per heavy atom. The van der Waals surface area contributed by atoms with Crippen LogP contribution in [0.3, 0.4) is 0 Å². The summed E-state index contributed by atoms with van der Waals surface area (Å²) in [5.74, 6) is 0. The fourth-order valence-corrected chi connectivity index (χ4v) is 4.28. The second-order valence-corrected chi connectivity index (χ2v) is 6.47. The first-order valence-electron chi connectivity index (χ1n) is 7.35. The number of hydrogen-bond acceptors (Lipinski definition) is 2. The first kappa shape index (κ1) is 11.5. The summed E-state index contributed by atoms with van der Waals surface area (Å²) in [6.45, 7) is 0. The smallest absolute Gasteiger partial charge is 0.0690 e. The largest absolute Gasteiger partial charge is 0.372 e. The number of rotatable bonds is 2. The van der Waals surface area contributed by atoms with Crippen LogP contribution in [-0.4, -0.2) is 11.7 Å². The third-order valence-corrected chi connectivity index (χ3v) is 5.27. The Morgan fingerprint density at radius 3 is 2.29 bits per heavy atom. The van der Waals surface area contributed by atoms with Gasteiger partial charge in [0.05, 0.1) is 23.2 Å². The van der Waals surface area contributed by atoms with Gasteiger partial charge in [0.1, 0.15) is 0 Å². The van der Waals surface area contributed by atoms with E-state index in [4.69, 9.17) is 4.74 Å². The molecule has 3 fully saturated rings. The van der Waals surface area contributed by atoms with Crippen LogP contribution in [0.1, 0.15) is 70.6 Å². The van der Waals surface area contributed by atoms with Gasteiger partial charge in [0.15, 0.2) is 0 Å². The maximum absolute atomic E-state index is 9.43. The minimum atomic E-state index is -0.0329. The molecule has 2 nitrogen and oxygen atoms in total. The molecule has 0 bridgehead atoms. The van der Waals surface area contributed by atoms with Crippen molar-refractivity contribution in [1.82, 2.24) is 0 Å². The minimum absolute atomic E-state index is 0.0329. The van der Waals surface area contributed by atoms with E-state index in [-0.39, 0.29) is 11.0 Å². The van der Waals surface area contributed by atoms with E-state index in [1.807, 2.05) is 0 Å². The first-order chi connectivity index (χ1) is 8.26. The highest BCUT2D eigenvalue weighted by Gasteiger charge is 2.45. The maximum Gasteiger partial charge on any atom is 0.0690 e. The van der Waals surface area contributed by atoms with Crippen molar-refractivity contribution in [2.75, 3.05) is 0 Å². The predicted molar refractivity (Wildman–Crippen MR) is 66.4 cm³/mol. The molecule has 2 aliphatic carbocycles. The van der Waals surface area contributed by atoms with Crippen molar-refractivity contribution in [2.24, 2.45) is 5.41 Å². The number of hydrogen-bond donors (Lipinski definition) is 0. The molecule has 1 heterocycles. The molecule has 2 heteroatoms. The standard InChI is InChI=1S/C15H23NO/c16-12-14(6-1-2-7-14)11-13-5-10-15(17-13)8-3-4-9-15/h13H,1-11H2. The average molecular weight is 233 g/mol. The molecule has 0 aromatic heterocycles. The Labute approximate surface area is 104 Å². The van der Waals surface area contributed by atoms with E-state index in [0.29, 0.717) is 6.10 Å². The van der Waals surface area contributed by atoms with E-state index >= 15 is 0 Å². The molecule has 0 aromatic carbocycles. The zero-order valence-electron chi connectivity index (χ0n) is 10.7. The van der Waals surface area contributed by atoms with Gasteiger partial charge in [0.2, 0.25) is 0 Å². The molecule has 0 N–H and O–H groups in total. The highest BCUT2D eigenvalue weighted by molar-refractivity contribution is 5.05. The Balaban J connectivity index is 1.62. The Bertz CT molecular complexity index is 318. The molecule has 1 spiro atoms. The zero-order valence-corrected chi connectivity index (χ0v) is 10.7. The molecule has 3 rings (SSSR count). The Kier molecular flexibility index (Phi) is 2.91. The van der Waals surface area contributed by atoms with Crippen molar-refractivity contribution in [1.29, 1.82) is 5.26 Å². The second kappa shape index (κ2) is 4.28. The monoisotopic (exact) mass is 233 g/mol. The summed E-state index contributed by atoms with van der Waals surface area (Å²) in [6, 6.07) is 2.60. The van der Waals surface area contributed by atoms with Crippen molar-refractivity contribution in [3.05, 3.63) is 0 Å². The number of nitriles is 1. The van der Waals surface area contributed by atoms with E-state index in [2.05, 4.69) is 6.07 Å². The molecule has 94 valence electrons. The molecular weight excluding hydrogens is 210 g/mol. The van der Waals surface area contributed by atoms with Gasteiger partial charge >= 0.3 is 0 Å². The SMILES string of the molecule is N#CC1(CC2CCC3(CCCC3)O2)CCCC1. The van der Waals surface area contributed by atoms with Gasteiger partial charge in [0, 0.05) is 0 Å². The predicted octanol–water partition coefficient (Wildman–Crippen LogP) is 3.95. The van der Waals surface area contributed by atoms with Gasteiger partial charge in [-0.15, -0.1) is 0 Å². The quantitative estimate of drug-likeness (QED) is 0.723. The lowest BCUT2D eigenvalue weighted by atomic mass is 9.81. The molecular formula is C15H23NO. The maximum atomic E-state index is 9.43. The Morgan fingerprint density at radius 1 is 1.00 bits per heavy atom. The summed E-state index contributed by atoms with van der Waals surface area (Å²) in [5, 5.41) is 9.43. The average Bonchev–Trinajstić information content (AvgIpc) is 3.04. The van der Waals surface area contributed by atoms with E-state index in [1.54, 1.807) is 0 Å². The third-order valence-electron chi connectivity index (χ3n) is 5.27. The van der Waals surface area contributed by atoms with Crippen LogP contribution < -0.4 is 0 Å². The van der Waals surface area contributed by atoms with E-state index in [1.165, 1.54) is 51.4 Å². The lowest BCUT2D eigenvalue weighted by Gasteiger charge is -2.27. The van der Waals surface area contributed by atoms with Gasteiger partial charge in [-0.3, -0.25) is 0 Å². The zero-order chi connectivity index (χ0) is 11.8. The van der Waals surface area contributed by atoms with Crippen LogP contribution in [0.4, 0.5) is 0 Å². The van der Waals surface area contributed by atoms with E-state index < -0.39 is 0 Å². The van der Waals surface area contributed by atoms with Gasteiger partial charge in [-0.1, -0.05) is 25.7 Å². The lowest BCUT2D eigenvalue weighted by Crippen LogP contribution is -2.28. The summed E-state index contributed by atoms with van der Waals surface area (Å²) in [5.41, 5.74) is 0.203. The highest BCUT2D eigenvalue weighted by atomic mass is 16.5. The molecule has 1 saturated heterocycles. The van der Waals surface area contributed by atoms with Crippen LogP contribution >= 0.6 is 0 Å². The third kappa shape index (κ3) is 2.10. The van der Waals surface area contributed by atoms with Crippen LogP contribution in [0.25, 0.3) is 0 Å². The van der Waals surface area contributed by atoms with E-state index in [0.717, 1.165) is 19.3 Å². The van der Waals surface area contributed by atoms with Crippen LogP contribution in [0.5, 0.6) is 0 Å². The topological polar surface area (TPSA) is 33.0 Å². The molecule has 17 heavy (non-hydrogen) atoms. The molecule has 1 aliphatic heterocycles. The molecule has 1 atom stereocenters. The van der Waals surface area contributed by atoms with Gasteiger partial charge in [-0.2, -0.15) is 5.26 Å². The highest BCUT2D eigenvalue weighted by Crippen LogP contribution is 2.48. The van der Waals surface area contributed by atoms with Gasteiger partial charge in [0.25, 0.3) is 0 Å². The van der Waals surface area contributed by atoms with Crippen LogP contribution in [0, 0.1) is 16.7 Å². The molecule has 0 radical (unpaired) electrons. The second-order valence-electron chi connectivity index (χ2n) is 6.47. The van der Waals surface area contributed by atoms with Gasteiger partial charge in [-0.25, -0.2) is 0 Å². The van der Waals surface area contributed by atoms with Crippen LogP contribution in [0.2, 0.25) is 0 Å². The fourth-order valence-electron chi connectivity index (χ4n) is 4.28. The summed E-state index contributed by atoms with van der Waals surface area (Å²) >= 11 is 0. The van der Waals surface area contributed by atoms with Crippen molar-refractivity contribution >= 4 is 0 Å².